The minimum atomic E-state index is -5.15. The third kappa shape index (κ3) is 7.56. The molecule has 2 aromatic carbocycles. The van der Waals surface area contributed by atoms with E-state index in [-0.39, 0.29) is 12.1 Å². The van der Waals surface area contributed by atoms with Crippen LogP contribution in [0.3, 0.4) is 0 Å². The monoisotopic (exact) mass is 425 g/mol. The van der Waals surface area contributed by atoms with Crippen molar-refractivity contribution in [1.29, 1.82) is 0 Å². The minimum absolute atomic E-state index is 0.00951. The molecule has 0 radical (unpaired) electrons. The van der Waals surface area contributed by atoms with Crippen LogP contribution >= 0.6 is 0 Å². The average Bonchev–Trinajstić information content (AvgIpc) is 2.55. The molecule has 140 valence electrons. The number of carboxylic acids is 1. The van der Waals surface area contributed by atoms with Gasteiger partial charge in [0.05, 0.1) is 0 Å². The van der Waals surface area contributed by atoms with Crippen LogP contribution in [0.1, 0.15) is 18.9 Å². The third-order valence-electron chi connectivity index (χ3n) is 3.11. The molecule has 0 saturated carbocycles. The van der Waals surface area contributed by atoms with Gasteiger partial charge in [-0.25, -0.2) is 0 Å². The van der Waals surface area contributed by atoms with Crippen molar-refractivity contribution in [2.45, 2.75) is 19.8 Å². The molecule has 0 aliphatic carbocycles. The molecule has 0 aliphatic rings. The molecular weight excluding hydrogens is 405 g/mol. The molecule has 1 amide bonds. The first-order valence-electron chi connectivity index (χ1n) is 7.52. The summed E-state index contributed by atoms with van der Waals surface area (Å²) in [5, 5.41) is 20.1. The fourth-order valence-electron chi connectivity index (χ4n) is 1.95. The van der Waals surface area contributed by atoms with Gasteiger partial charge in [0.25, 0.3) is 0 Å². The maximum atomic E-state index is 11.0. The van der Waals surface area contributed by atoms with Gasteiger partial charge < -0.3 is 5.11 Å². The first-order chi connectivity index (χ1) is 12.1. The normalized spacial score (nSPS) is 10.4. The van der Waals surface area contributed by atoms with E-state index in [4.69, 9.17) is 13.3 Å². The van der Waals surface area contributed by atoms with E-state index in [1.165, 1.54) is 19.1 Å². The molecular formula is C17H20AsNO7. The molecule has 0 atom stereocenters. The molecule has 8 nitrogen and oxygen atoms in total. The molecule has 5 N–H and O–H groups in total. The van der Waals surface area contributed by atoms with Crippen LogP contribution in [-0.2, 0) is 19.7 Å². The number of hydrogen-bond acceptors (Lipinski definition) is 4. The number of rotatable bonds is 5. The summed E-state index contributed by atoms with van der Waals surface area (Å²) in [6.07, 6.45) is 0.834. The fourth-order valence-corrected chi connectivity index (χ4v) is 3.37. The number of carbonyl (C=O) groups excluding carboxylic acids is 1. The van der Waals surface area contributed by atoms with Crippen molar-refractivity contribution < 1.29 is 31.7 Å². The summed E-state index contributed by atoms with van der Waals surface area (Å²) in [5.41, 5.74) is 1.07. The Labute approximate surface area is 153 Å². The van der Waals surface area contributed by atoms with Crippen LogP contribution in [-0.4, -0.2) is 44.5 Å². The number of benzene rings is 2. The van der Waals surface area contributed by atoms with Gasteiger partial charge in [0, 0.05) is 6.42 Å². The van der Waals surface area contributed by atoms with Crippen molar-refractivity contribution in [3.63, 3.8) is 0 Å². The largest absolute Gasteiger partial charge is 0.481 e. The number of para-hydroxylation sites is 1. The number of carbonyl (C=O) groups is 2. The molecule has 2 aromatic rings. The van der Waals surface area contributed by atoms with Gasteiger partial charge in [-0.15, -0.1) is 0 Å². The smallest absolute Gasteiger partial charge is 0.303 e. The van der Waals surface area contributed by atoms with Crippen LogP contribution in [0.2, 0.25) is 0 Å². The number of phenolic OH excluding ortho intramolecular Hbond substituents is 1. The summed E-state index contributed by atoms with van der Waals surface area (Å²) in [4.78, 5) is 20.9. The summed E-state index contributed by atoms with van der Waals surface area (Å²) in [5.74, 6) is -1.76. The van der Waals surface area contributed by atoms with Gasteiger partial charge in [0.1, 0.15) is 0 Å². The van der Waals surface area contributed by atoms with Gasteiger partial charge in [0.2, 0.25) is 0 Å². The van der Waals surface area contributed by atoms with E-state index in [0.29, 0.717) is 6.42 Å². The third-order valence-corrected chi connectivity index (χ3v) is 5.18. The number of hydrogen-bond donors (Lipinski definition) is 5. The maximum absolute atomic E-state index is 11.0. The van der Waals surface area contributed by atoms with E-state index in [1.54, 1.807) is 0 Å². The molecule has 0 bridgehead atoms. The number of anilines is 1. The van der Waals surface area contributed by atoms with E-state index in [1.807, 2.05) is 30.3 Å². The minimum Gasteiger partial charge on any atom is -0.481 e. The van der Waals surface area contributed by atoms with E-state index in [0.717, 1.165) is 11.6 Å². The Morgan fingerprint density at radius 2 is 1.65 bits per heavy atom. The Morgan fingerprint density at radius 3 is 2.15 bits per heavy atom. The quantitative estimate of drug-likeness (QED) is 0.349. The van der Waals surface area contributed by atoms with Crippen LogP contribution in [0, 0.1) is 0 Å². The second-order valence-corrected chi connectivity index (χ2v) is 8.57. The van der Waals surface area contributed by atoms with Gasteiger partial charge in [0.15, 0.2) is 0 Å². The molecule has 0 spiro atoms. The van der Waals surface area contributed by atoms with E-state index in [9.17, 15) is 18.4 Å². The molecule has 9 heteroatoms. The molecule has 0 aliphatic heterocycles. The molecule has 2 rings (SSSR count). The summed E-state index contributed by atoms with van der Waals surface area (Å²) in [6, 6.07) is 13.4. The predicted octanol–water partition coefficient (Wildman–Crippen LogP) is 0.615. The van der Waals surface area contributed by atoms with Gasteiger partial charge >= 0.3 is 94.1 Å². The molecule has 0 fully saturated rings. The van der Waals surface area contributed by atoms with Crippen molar-refractivity contribution in [2.24, 2.45) is 0 Å². The van der Waals surface area contributed by atoms with Crippen LogP contribution in [0.5, 0.6) is 5.75 Å². The van der Waals surface area contributed by atoms with Gasteiger partial charge in [-0.3, -0.25) is 4.79 Å². The number of carboxylic acid groups (broad SMARTS) is 1. The average molecular weight is 425 g/mol. The number of aliphatic carboxylic acids is 1. The van der Waals surface area contributed by atoms with Crippen molar-refractivity contribution in [1.82, 2.24) is 0 Å². The summed E-state index contributed by atoms with van der Waals surface area (Å²) >= 11 is -5.15. The van der Waals surface area contributed by atoms with Crippen molar-refractivity contribution >= 4 is 36.1 Å². The maximum Gasteiger partial charge on any atom is 0.303 e. The summed E-state index contributed by atoms with van der Waals surface area (Å²) < 4.78 is 28.4. The topological polar surface area (TPSA) is 144 Å². The Hall–Kier alpha value is -2.54. The Balaban J connectivity index is 0.000000273. The zero-order chi connectivity index (χ0) is 19.7. The Morgan fingerprint density at radius 1 is 1.04 bits per heavy atom. The Kier molecular flexibility index (Phi) is 8.12. The zero-order valence-electron chi connectivity index (χ0n) is 14.0. The number of phenols is 1. The number of nitrogens with one attached hydrogen (secondary N) is 1. The molecule has 0 unspecified atom stereocenters. The second-order valence-electron chi connectivity index (χ2n) is 5.28. The number of aryl methyl sites for hydroxylation is 1. The fraction of sp³-hybridized carbons (Fsp3) is 0.176. The molecule has 0 heterocycles. The van der Waals surface area contributed by atoms with Gasteiger partial charge in [-0.1, -0.05) is 30.3 Å². The van der Waals surface area contributed by atoms with Crippen molar-refractivity contribution in [3.05, 3.63) is 54.1 Å². The molecule has 0 saturated heterocycles. The standard InChI is InChI=1S/C9H10O2.C8H10AsNO5/c10-9(11)7-6-8-4-2-1-3-5-8;1-5(11)10-7-4-2-3-6(8(7)12)9(13,14)15/h1-5H,6-7H2,(H,10,11);2-4,12H,1H3,(H,10,11)(H2,13,14,15). The van der Waals surface area contributed by atoms with Crippen LogP contribution in [0.15, 0.2) is 48.5 Å². The van der Waals surface area contributed by atoms with Gasteiger partial charge in [-0.2, -0.15) is 0 Å². The van der Waals surface area contributed by atoms with E-state index < -0.39 is 36.1 Å². The SMILES string of the molecule is CC(=O)Nc1cccc([As](=O)(O)O)c1O.O=C(O)CCc1ccccc1. The second kappa shape index (κ2) is 9.82. The first kappa shape index (κ1) is 21.5. The first-order valence-corrected chi connectivity index (χ1v) is 10.9. The number of aromatic hydroxyl groups is 1. The van der Waals surface area contributed by atoms with Gasteiger partial charge in [-0.05, 0) is 12.0 Å². The van der Waals surface area contributed by atoms with E-state index in [2.05, 4.69) is 5.32 Å². The Bertz CT molecular complexity index is 802. The van der Waals surface area contributed by atoms with E-state index >= 15 is 0 Å². The number of amides is 1. The van der Waals surface area contributed by atoms with Crippen molar-refractivity contribution in [2.75, 3.05) is 5.32 Å². The van der Waals surface area contributed by atoms with Crippen LogP contribution in [0.4, 0.5) is 5.69 Å². The summed E-state index contributed by atoms with van der Waals surface area (Å²) in [7, 11) is 0. The van der Waals surface area contributed by atoms with Crippen LogP contribution < -0.4 is 9.67 Å². The van der Waals surface area contributed by atoms with Crippen molar-refractivity contribution in [3.8, 4) is 5.75 Å². The van der Waals surface area contributed by atoms with Crippen LogP contribution in [0.25, 0.3) is 0 Å². The molecule has 0 aromatic heterocycles. The predicted molar refractivity (Wildman–Crippen MR) is 95.3 cm³/mol. The zero-order valence-corrected chi connectivity index (χ0v) is 15.9. The summed E-state index contributed by atoms with van der Waals surface area (Å²) in [6.45, 7) is 1.23. The molecule has 26 heavy (non-hydrogen) atoms.